The first-order valence-corrected chi connectivity index (χ1v) is 11.0. The van der Waals surface area contributed by atoms with Crippen LogP contribution in [0.1, 0.15) is 31.2 Å². The van der Waals surface area contributed by atoms with E-state index in [9.17, 15) is 34.5 Å². The molecule has 0 bridgehead atoms. The predicted molar refractivity (Wildman–Crippen MR) is 121 cm³/mol. The van der Waals surface area contributed by atoms with Crippen molar-refractivity contribution in [1.29, 1.82) is 0 Å². The first-order chi connectivity index (χ1) is 16.6. The molecule has 1 saturated heterocycles. The van der Waals surface area contributed by atoms with Crippen molar-refractivity contribution < 1.29 is 49.4 Å². The summed E-state index contributed by atoms with van der Waals surface area (Å²) in [6.07, 6.45) is 4.61. The number of nitrogens with zero attached hydrogens (tertiary/aromatic N) is 1. The summed E-state index contributed by atoms with van der Waals surface area (Å²) in [5, 5.41) is 49.6. The minimum absolute atomic E-state index is 0. The average Bonchev–Trinajstić information content (AvgIpc) is 2.79. The van der Waals surface area contributed by atoms with Crippen LogP contribution in [0.3, 0.4) is 0 Å². The number of hydrogen-bond donors (Lipinski definition) is 3. The molecule has 1 heterocycles. The third-order valence-corrected chi connectivity index (χ3v) is 4.84. The normalized spacial score (nSPS) is 13.6. The number of hydrogen-bond acceptors (Lipinski definition) is 11. The fraction of sp³-hybridized carbons (Fsp3) is 0.478. The molecule has 2 radical (unpaired) electrons. The van der Waals surface area contributed by atoms with Crippen LogP contribution in [0.5, 0.6) is 5.75 Å². The fourth-order valence-corrected chi connectivity index (χ4v) is 3.20. The van der Waals surface area contributed by atoms with Gasteiger partial charge in [-0.05, 0) is 56.1 Å². The van der Waals surface area contributed by atoms with Crippen molar-refractivity contribution in [3.8, 4) is 5.75 Å². The van der Waals surface area contributed by atoms with Crippen molar-refractivity contribution in [2.45, 2.75) is 32.2 Å². The molecule has 1 fully saturated rings. The van der Waals surface area contributed by atoms with Crippen LogP contribution in [0.2, 0.25) is 0 Å². The van der Waals surface area contributed by atoms with Gasteiger partial charge in [0.05, 0.1) is 30.4 Å². The van der Waals surface area contributed by atoms with Crippen LogP contribution in [0.15, 0.2) is 36.1 Å². The van der Waals surface area contributed by atoms with E-state index in [0.717, 1.165) is 18.7 Å². The molecule has 1 aromatic rings. The predicted octanol–water partition coefficient (Wildman–Crippen LogP) is -3.54. The Labute approximate surface area is 227 Å². The zero-order valence-corrected chi connectivity index (χ0v) is 23.1. The zero-order valence-electron chi connectivity index (χ0n) is 19.6. The standard InChI is InChI=1S/C17H26N2O3.C6H6O7.Bi/c20-14-17(21)18-8-5-11-22-16-7-4-6-15(12-16)13-19-9-2-1-3-10-19;7-2(1-3(8)9)4(5(10)11)6(12)13;/h4,6-7,12,20H,1-3,5,8-11,13-14H2,(H,18,21);1,4,7H,(H,8,9)(H,10,11)(H,12,13);/q;;+3/p-3. The molecule has 0 spiro atoms. The Bertz CT molecular complexity index is 873. The van der Waals surface area contributed by atoms with Crippen molar-refractivity contribution in [2.24, 2.45) is 5.92 Å². The molecule has 0 atom stereocenters. The first kappa shape index (κ1) is 33.2. The minimum Gasteiger partial charge on any atom is -0.549 e. The number of likely N-dealkylation sites (tertiary alicyclic amines) is 1. The van der Waals surface area contributed by atoms with Crippen LogP contribution in [0.25, 0.3) is 0 Å². The van der Waals surface area contributed by atoms with Crippen LogP contribution >= 0.6 is 0 Å². The molecule has 196 valence electrons. The fourth-order valence-electron chi connectivity index (χ4n) is 3.20. The number of carboxylic acids is 3. The topological polar surface area (TPSA) is 202 Å². The number of ether oxygens (including phenoxy) is 1. The van der Waals surface area contributed by atoms with Crippen molar-refractivity contribution in [1.82, 2.24) is 10.2 Å². The second-order valence-electron chi connectivity index (χ2n) is 7.65. The molecule has 0 saturated carbocycles. The van der Waals surface area contributed by atoms with Gasteiger partial charge in [0, 0.05) is 13.1 Å². The van der Waals surface area contributed by atoms with E-state index in [1.807, 2.05) is 12.1 Å². The average molecular weight is 702 g/mol. The molecular weight excluding hydrogens is 673 g/mol. The summed E-state index contributed by atoms with van der Waals surface area (Å²) in [7, 11) is 0. The summed E-state index contributed by atoms with van der Waals surface area (Å²) >= 11 is 0. The molecule has 0 aromatic heterocycles. The molecule has 3 N–H and O–H groups in total. The largest absolute Gasteiger partial charge is 3.00 e. The van der Waals surface area contributed by atoms with Gasteiger partial charge in [-0.15, -0.1) is 0 Å². The van der Waals surface area contributed by atoms with Gasteiger partial charge in [-0.1, -0.05) is 18.6 Å². The molecule has 1 aromatic carbocycles. The summed E-state index contributed by atoms with van der Waals surface area (Å²) < 4.78 is 5.72. The Hall–Kier alpha value is -2.76. The van der Waals surface area contributed by atoms with Crippen LogP contribution in [-0.2, 0) is 25.7 Å². The maximum Gasteiger partial charge on any atom is 3.00 e. The number of piperidine rings is 1. The first-order valence-electron chi connectivity index (χ1n) is 11.0. The number of carbonyl (C=O) groups is 4. The van der Waals surface area contributed by atoms with Crippen molar-refractivity contribution in [3.05, 3.63) is 41.7 Å². The van der Waals surface area contributed by atoms with E-state index in [1.165, 1.54) is 37.9 Å². The van der Waals surface area contributed by atoms with Gasteiger partial charge in [0.1, 0.15) is 18.1 Å². The monoisotopic (exact) mass is 702 g/mol. The van der Waals surface area contributed by atoms with Gasteiger partial charge in [0.15, 0.2) is 0 Å². The second-order valence-corrected chi connectivity index (χ2v) is 7.65. The van der Waals surface area contributed by atoms with E-state index < -0.39 is 36.2 Å². The van der Waals surface area contributed by atoms with E-state index in [-0.39, 0.29) is 38.2 Å². The van der Waals surface area contributed by atoms with Gasteiger partial charge < -0.3 is 50.0 Å². The molecule has 12 nitrogen and oxygen atoms in total. The van der Waals surface area contributed by atoms with Gasteiger partial charge in [0.2, 0.25) is 5.91 Å². The van der Waals surface area contributed by atoms with Crippen LogP contribution in [-0.4, -0.2) is 98.0 Å². The van der Waals surface area contributed by atoms with E-state index in [1.54, 1.807) is 0 Å². The summed E-state index contributed by atoms with van der Waals surface area (Å²) in [6, 6.07) is 8.23. The minimum atomic E-state index is -2.50. The molecule has 1 aliphatic rings. The Morgan fingerprint density at radius 1 is 1.08 bits per heavy atom. The third-order valence-electron chi connectivity index (χ3n) is 4.84. The number of rotatable bonds is 12. The molecule has 0 unspecified atom stereocenters. The number of aliphatic hydroxyl groups is 2. The quantitative estimate of drug-likeness (QED) is 0.0641. The van der Waals surface area contributed by atoms with E-state index >= 15 is 0 Å². The molecular formula is C23H29BiN2O10. The van der Waals surface area contributed by atoms with Crippen molar-refractivity contribution >= 4 is 50.0 Å². The Morgan fingerprint density at radius 3 is 2.28 bits per heavy atom. The van der Waals surface area contributed by atoms with E-state index in [2.05, 4.69) is 22.3 Å². The molecule has 1 amide bonds. The zero-order chi connectivity index (χ0) is 26.2. The van der Waals surface area contributed by atoms with Crippen LogP contribution < -0.4 is 25.4 Å². The number of nitrogens with one attached hydrogen (secondary N) is 1. The SMILES string of the molecule is O=C(CO)NCCCOc1cccc(CN2CCCCC2)c1.O=C([O-])C=C(O)C(C(=O)[O-])C(=O)[O-].[Bi+3]. The Morgan fingerprint density at radius 2 is 1.72 bits per heavy atom. The van der Waals surface area contributed by atoms with E-state index in [4.69, 9.17) is 14.9 Å². The van der Waals surface area contributed by atoms with Gasteiger partial charge in [0.25, 0.3) is 0 Å². The summed E-state index contributed by atoms with van der Waals surface area (Å²) in [5.41, 5.74) is 1.29. The van der Waals surface area contributed by atoms with Crippen molar-refractivity contribution in [2.75, 3.05) is 32.8 Å². The van der Waals surface area contributed by atoms with Gasteiger partial charge in [-0.2, -0.15) is 0 Å². The maximum absolute atomic E-state index is 10.9. The molecule has 13 heteroatoms. The van der Waals surface area contributed by atoms with E-state index in [0.29, 0.717) is 13.2 Å². The molecule has 1 aliphatic heterocycles. The second kappa shape index (κ2) is 18.5. The van der Waals surface area contributed by atoms with Crippen LogP contribution in [0.4, 0.5) is 0 Å². The summed E-state index contributed by atoms with van der Waals surface area (Å²) in [6.45, 7) is 3.99. The Kier molecular flexibility index (Phi) is 17.1. The third kappa shape index (κ3) is 14.0. The van der Waals surface area contributed by atoms with Gasteiger partial charge in [-0.25, -0.2) is 0 Å². The number of carbonyl (C=O) groups excluding carboxylic acids is 4. The smallest absolute Gasteiger partial charge is 0.549 e. The van der Waals surface area contributed by atoms with Gasteiger partial charge in [-0.3, -0.25) is 9.69 Å². The van der Waals surface area contributed by atoms with Crippen molar-refractivity contribution in [3.63, 3.8) is 0 Å². The number of aliphatic carboxylic acids is 3. The number of benzene rings is 1. The van der Waals surface area contributed by atoms with Crippen LogP contribution in [0, 0.1) is 5.92 Å². The number of aliphatic hydroxyl groups excluding tert-OH is 2. The maximum atomic E-state index is 10.9. The number of amides is 1. The molecule has 2 rings (SSSR count). The number of carboxylic acid groups (broad SMARTS) is 3. The summed E-state index contributed by atoms with van der Waals surface area (Å²) in [5.74, 6) is -9.65. The Balaban J connectivity index is 0.000000758. The molecule has 36 heavy (non-hydrogen) atoms. The summed E-state index contributed by atoms with van der Waals surface area (Å²) in [4.78, 5) is 43.2. The van der Waals surface area contributed by atoms with Gasteiger partial charge >= 0.3 is 26.2 Å². The molecule has 0 aliphatic carbocycles.